The molecule has 2 heterocycles. The summed E-state index contributed by atoms with van der Waals surface area (Å²) in [6.45, 7) is 2.83. The molecule has 2 aliphatic rings. The van der Waals surface area contributed by atoms with Crippen LogP contribution in [0.3, 0.4) is 0 Å². The molecular weight excluding hydrogens is 384 g/mol. The maximum atomic E-state index is 13.1. The van der Waals surface area contributed by atoms with Crippen LogP contribution in [0.4, 0.5) is 4.79 Å². The van der Waals surface area contributed by atoms with Gasteiger partial charge in [0, 0.05) is 25.7 Å². The highest BCUT2D eigenvalue weighted by atomic mass is 16.5. The minimum Gasteiger partial charge on any atom is -0.385 e. The number of hydrogen-bond donors (Lipinski definition) is 0. The number of ether oxygens (including phenoxy) is 1. The number of nitrogens with zero attached hydrogens (tertiary/aromatic N) is 4. The lowest BCUT2D eigenvalue weighted by Gasteiger charge is -2.26. The lowest BCUT2D eigenvalue weighted by atomic mass is 9.94. The molecule has 1 aromatic carbocycles. The molecular formula is C22H23N4O4+. The van der Waals surface area contributed by atoms with Gasteiger partial charge in [0.1, 0.15) is 11.6 Å². The average molecular weight is 407 g/mol. The second-order valence-corrected chi connectivity index (χ2v) is 7.18. The standard InChI is InChI=1S/C22H23N4O4/c1-15-8-3-4-9-16(15)20-23-19(30-24-20)14-26-18-11-6-5-10-17(18)21(27)25(22(26)28)12-7-13-29-2/h3-6,8-11,17H,7,12-14H2,1-2H3/q+1. The lowest BCUT2D eigenvalue weighted by molar-refractivity contribution is -0.460. The van der Waals surface area contributed by atoms with Crippen molar-refractivity contribution >= 4 is 17.6 Å². The Hall–Kier alpha value is -3.39. The highest BCUT2D eigenvalue weighted by Gasteiger charge is 2.46. The van der Waals surface area contributed by atoms with Crippen LogP contribution in [-0.2, 0) is 16.1 Å². The summed E-state index contributed by atoms with van der Waals surface area (Å²) in [5.41, 5.74) is 2.52. The maximum absolute atomic E-state index is 13.1. The summed E-state index contributed by atoms with van der Waals surface area (Å²) >= 11 is 0. The minimum atomic E-state index is -0.506. The molecule has 1 aromatic heterocycles. The first-order valence-electron chi connectivity index (χ1n) is 9.82. The fourth-order valence-corrected chi connectivity index (χ4v) is 3.64. The largest absolute Gasteiger partial charge is 0.501 e. The molecule has 4 rings (SSSR count). The number of benzene rings is 1. The summed E-state index contributed by atoms with van der Waals surface area (Å²) < 4.78 is 12.0. The number of carbonyl (C=O) groups excluding carboxylic acids is 2. The van der Waals surface area contributed by atoms with Gasteiger partial charge in [-0.15, -0.1) is 0 Å². The fraction of sp³-hybridized carbons (Fsp3) is 0.318. The minimum absolute atomic E-state index is 0.0930. The smallest absolute Gasteiger partial charge is 0.385 e. The van der Waals surface area contributed by atoms with Crippen LogP contribution < -0.4 is 0 Å². The summed E-state index contributed by atoms with van der Waals surface area (Å²) in [4.78, 5) is 31.8. The van der Waals surface area contributed by atoms with E-state index in [1.165, 1.54) is 9.48 Å². The summed E-state index contributed by atoms with van der Waals surface area (Å²) in [5.74, 6) is 0.0475. The van der Waals surface area contributed by atoms with E-state index < -0.39 is 11.9 Å². The van der Waals surface area contributed by atoms with E-state index in [-0.39, 0.29) is 12.5 Å². The third-order valence-corrected chi connectivity index (χ3v) is 5.18. The number of aryl methyl sites for hydroxylation is 1. The predicted octanol–water partition coefficient (Wildman–Crippen LogP) is 2.74. The summed E-state index contributed by atoms with van der Waals surface area (Å²) in [5, 5.41) is 4.07. The van der Waals surface area contributed by atoms with E-state index in [1.54, 1.807) is 19.3 Å². The van der Waals surface area contributed by atoms with E-state index in [9.17, 15) is 9.59 Å². The van der Waals surface area contributed by atoms with E-state index in [4.69, 9.17) is 9.26 Å². The second kappa shape index (κ2) is 8.54. The average Bonchev–Trinajstić information content (AvgIpc) is 3.22. The van der Waals surface area contributed by atoms with Gasteiger partial charge in [-0.25, -0.2) is 4.79 Å². The molecule has 0 fully saturated rings. The predicted molar refractivity (Wildman–Crippen MR) is 109 cm³/mol. The Kier molecular flexibility index (Phi) is 5.67. The Morgan fingerprint density at radius 3 is 2.87 bits per heavy atom. The van der Waals surface area contributed by atoms with Gasteiger partial charge >= 0.3 is 11.9 Å². The van der Waals surface area contributed by atoms with E-state index in [0.717, 1.165) is 11.1 Å². The molecule has 8 nitrogen and oxygen atoms in total. The molecule has 30 heavy (non-hydrogen) atoms. The van der Waals surface area contributed by atoms with E-state index in [2.05, 4.69) is 10.1 Å². The number of urea groups is 1. The fourth-order valence-electron chi connectivity index (χ4n) is 3.64. The van der Waals surface area contributed by atoms with Crippen LogP contribution >= 0.6 is 0 Å². The number of rotatable bonds is 7. The highest BCUT2D eigenvalue weighted by Crippen LogP contribution is 2.23. The van der Waals surface area contributed by atoms with Crippen molar-refractivity contribution in [3.8, 4) is 11.4 Å². The Bertz CT molecular complexity index is 1070. The summed E-state index contributed by atoms with van der Waals surface area (Å²) in [6.07, 6.45) is 7.78. The molecule has 1 unspecified atom stereocenters. The third kappa shape index (κ3) is 3.73. The van der Waals surface area contributed by atoms with Crippen LogP contribution in [0.25, 0.3) is 11.4 Å². The van der Waals surface area contributed by atoms with Gasteiger partial charge in [-0.1, -0.05) is 47.7 Å². The number of aromatic nitrogens is 2. The van der Waals surface area contributed by atoms with Gasteiger partial charge in [0.25, 0.3) is 5.89 Å². The van der Waals surface area contributed by atoms with Crippen molar-refractivity contribution < 1.29 is 23.4 Å². The lowest BCUT2D eigenvalue weighted by Crippen LogP contribution is -2.54. The normalized spacial score (nSPS) is 18.3. The van der Waals surface area contributed by atoms with Gasteiger partial charge in [0.2, 0.25) is 5.82 Å². The second-order valence-electron chi connectivity index (χ2n) is 7.18. The molecule has 1 aliphatic carbocycles. The van der Waals surface area contributed by atoms with Gasteiger partial charge in [0.15, 0.2) is 6.54 Å². The number of fused-ring (bicyclic) bond motifs is 1. The number of imide groups is 1. The molecule has 154 valence electrons. The number of hydrogen-bond acceptors (Lipinski definition) is 6. The van der Waals surface area contributed by atoms with Crippen LogP contribution in [0.2, 0.25) is 0 Å². The van der Waals surface area contributed by atoms with Crippen LogP contribution in [0, 0.1) is 12.8 Å². The third-order valence-electron chi connectivity index (χ3n) is 5.18. The number of allylic oxidation sites excluding steroid dienone is 3. The molecule has 8 heteroatoms. The van der Waals surface area contributed by atoms with E-state index in [1.807, 2.05) is 43.3 Å². The molecule has 0 saturated carbocycles. The van der Waals surface area contributed by atoms with Gasteiger partial charge < -0.3 is 9.26 Å². The molecule has 2 aromatic rings. The Morgan fingerprint density at radius 2 is 2.07 bits per heavy atom. The Balaban J connectivity index is 1.64. The first kappa shape index (κ1) is 19.9. The van der Waals surface area contributed by atoms with Crippen LogP contribution in [0.15, 0.2) is 53.1 Å². The van der Waals surface area contributed by atoms with E-state index in [0.29, 0.717) is 37.0 Å². The van der Waals surface area contributed by atoms with Crippen molar-refractivity contribution in [3.63, 3.8) is 0 Å². The van der Waals surface area contributed by atoms with Crippen LogP contribution in [-0.4, -0.2) is 57.5 Å². The summed E-state index contributed by atoms with van der Waals surface area (Å²) in [6, 6.07) is 7.36. The van der Waals surface area contributed by atoms with Crippen molar-refractivity contribution in [3.05, 3.63) is 60.0 Å². The molecule has 0 N–H and O–H groups in total. The zero-order chi connectivity index (χ0) is 21.1. The SMILES string of the molecule is COCCCN1C(=O)C2C=CC=CC2=[N+](Cc2nc(-c3ccccc3C)no2)C1=O. The van der Waals surface area contributed by atoms with E-state index >= 15 is 0 Å². The monoisotopic (exact) mass is 407 g/mol. The van der Waals surface area contributed by atoms with Crippen LogP contribution in [0.1, 0.15) is 17.9 Å². The maximum Gasteiger partial charge on any atom is 0.501 e. The Labute approximate surface area is 174 Å². The Morgan fingerprint density at radius 1 is 1.23 bits per heavy atom. The number of carbonyl (C=O) groups is 2. The molecule has 1 atom stereocenters. The first-order chi connectivity index (χ1) is 14.6. The zero-order valence-corrected chi connectivity index (χ0v) is 16.9. The number of methoxy groups -OCH3 is 1. The first-order valence-corrected chi connectivity index (χ1v) is 9.82. The quantitative estimate of drug-likeness (QED) is 0.518. The molecule has 0 bridgehead atoms. The van der Waals surface area contributed by atoms with Crippen LogP contribution in [0.5, 0.6) is 0 Å². The highest BCUT2D eigenvalue weighted by molar-refractivity contribution is 6.16. The molecule has 0 saturated heterocycles. The van der Waals surface area contributed by atoms with Gasteiger partial charge in [-0.2, -0.15) is 19.3 Å². The zero-order valence-electron chi connectivity index (χ0n) is 16.9. The number of amides is 3. The topological polar surface area (TPSA) is 88.5 Å². The molecule has 0 radical (unpaired) electrons. The van der Waals surface area contributed by atoms with Crippen molar-refractivity contribution in [1.29, 1.82) is 0 Å². The molecule has 0 spiro atoms. The van der Waals surface area contributed by atoms with Crippen molar-refractivity contribution in [1.82, 2.24) is 15.0 Å². The van der Waals surface area contributed by atoms with Gasteiger partial charge in [-0.3, -0.25) is 0 Å². The summed E-state index contributed by atoms with van der Waals surface area (Å²) in [7, 11) is 1.59. The van der Waals surface area contributed by atoms with Crippen molar-refractivity contribution in [2.45, 2.75) is 19.9 Å². The molecule has 3 amide bonds. The van der Waals surface area contributed by atoms with Gasteiger partial charge in [0.05, 0.1) is 6.54 Å². The van der Waals surface area contributed by atoms with Crippen molar-refractivity contribution in [2.24, 2.45) is 5.92 Å². The van der Waals surface area contributed by atoms with Crippen molar-refractivity contribution in [2.75, 3.05) is 20.3 Å². The molecule has 1 aliphatic heterocycles. The van der Waals surface area contributed by atoms with Gasteiger partial charge in [-0.05, 0) is 18.6 Å².